The fourth-order valence-electron chi connectivity index (χ4n) is 3.11. The van der Waals surface area contributed by atoms with Gasteiger partial charge in [-0.1, -0.05) is 34.6 Å². The summed E-state index contributed by atoms with van der Waals surface area (Å²) < 4.78 is 0. The van der Waals surface area contributed by atoms with E-state index >= 15 is 0 Å². The molecule has 0 aromatic carbocycles. The lowest BCUT2D eigenvalue weighted by Gasteiger charge is -2.34. The third kappa shape index (κ3) is 1.89. The van der Waals surface area contributed by atoms with Gasteiger partial charge in [-0.2, -0.15) is 0 Å². The van der Waals surface area contributed by atoms with Gasteiger partial charge in [-0.05, 0) is 42.4 Å². The third-order valence-corrected chi connectivity index (χ3v) is 4.67. The zero-order valence-corrected chi connectivity index (χ0v) is 10.8. The number of rotatable bonds is 0. The Balaban J connectivity index is 0.000000379. The number of hydrogen-bond donors (Lipinski definition) is 0. The Hall–Kier alpha value is -0.260. The Bertz CT molecular complexity index is 156. The van der Waals surface area contributed by atoms with Crippen LogP contribution in [0.3, 0.4) is 0 Å². The quantitative estimate of drug-likeness (QED) is 0.475. The summed E-state index contributed by atoms with van der Waals surface area (Å²) in [6.45, 7) is 17.4. The molecule has 0 unspecified atom stereocenters. The molecule has 0 heteroatoms. The monoisotopic (exact) mass is 196 g/mol. The van der Waals surface area contributed by atoms with Gasteiger partial charge in [0.05, 0.1) is 0 Å². The summed E-state index contributed by atoms with van der Waals surface area (Å²) in [6, 6.07) is 0. The number of hydrogen-bond acceptors (Lipinski definition) is 0. The average molecular weight is 196 g/mol. The summed E-state index contributed by atoms with van der Waals surface area (Å²) in [7, 11) is 0. The molecule has 0 saturated heterocycles. The van der Waals surface area contributed by atoms with Crippen molar-refractivity contribution in [1.29, 1.82) is 0 Å². The summed E-state index contributed by atoms with van der Waals surface area (Å²) in [5, 5.41) is 0. The van der Waals surface area contributed by atoms with E-state index in [0.29, 0.717) is 10.8 Å². The molecule has 2 rings (SSSR count). The van der Waals surface area contributed by atoms with E-state index in [1.807, 2.05) is 13.8 Å². The summed E-state index contributed by atoms with van der Waals surface area (Å²) in [4.78, 5) is 0. The second-order valence-corrected chi connectivity index (χ2v) is 5.06. The summed E-state index contributed by atoms with van der Waals surface area (Å²) in [5.74, 6) is 1.05. The molecule has 0 nitrogen and oxygen atoms in total. The molecular formula is C14H28. The molecule has 0 radical (unpaired) electrons. The van der Waals surface area contributed by atoms with Crippen molar-refractivity contribution >= 4 is 0 Å². The highest BCUT2D eigenvalue weighted by atomic mass is 14.6. The first-order chi connectivity index (χ1) is 6.56. The van der Waals surface area contributed by atoms with Crippen LogP contribution in [0.1, 0.15) is 60.3 Å². The van der Waals surface area contributed by atoms with Crippen LogP contribution >= 0.6 is 0 Å². The molecule has 0 aromatic heterocycles. The van der Waals surface area contributed by atoms with E-state index in [9.17, 15) is 0 Å². The molecule has 84 valence electrons. The highest BCUT2D eigenvalue weighted by molar-refractivity contribution is 5.05. The van der Waals surface area contributed by atoms with E-state index in [1.54, 1.807) is 0 Å². The van der Waals surface area contributed by atoms with E-state index in [0.717, 1.165) is 5.92 Å². The smallest absolute Gasteiger partial charge is 0.0272 e. The van der Waals surface area contributed by atoms with Gasteiger partial charge in [0.25, 0.3) is 0 Å². The van der Waals surface area contributed by atoms with Crippen molar-refractivity contribution in [3.63, 3.8) is 0 Å². The van der Waals surface area contributed by atoms with Crippen LogP contribution in [0.4, 0.5) is 0 Å². The van der Waals surface area contributed by atoms with E-state index in [1.165, 1.54) is 25.7 Å². The highest BCUT2D eigenvalue weighted by Gasteiger charge is 2.55. The van der Waals surface area contributed by atoms with Gasteiger partial charge in [0.2, 0.25) is 0 Å². The standard InChI is InChI=1S/C10H18.C2H6.C2H4/c1-9(2)8-4-6-10(9,3)7-5-8;2*1-2/h8H,4-7H2,1-3H3;1-2H3;1-2H2. The lowest BCUT2D eigenvalue weighted by Crippen LogP contribution is -2.26. The summed E-state index contributed by atoms with van der Waals surface area (Å²) >= 11 is 0. The zero-order valence-electron chi connectivity index (χ0n) is 10.8. The van der Waals surface area contributed by atoms with E-state index in [4.69, 9.17) is 0 Å². The molecule has 0 N–H and O–H groups in total. The molecule has 2 saturated carbocycles. The predicted octanol–water partition coefficient (Wildman–Crippen LogP) is 5.05. The van der Waals surface area contributed by atoms with Gasteiger partial charge in [0.15, 0.2) is 0 Å². The average Bonchev–Trinajstić information content (AvgIpc) is 2.57. The van der Waals surface area contributed by atoms with Crippen molar-refractivity contribution in [3.8, 4) is 0 Å². The number of fused-ring (bicyclic) bond motifs is 2. The molecule has 0 aliphatic heterocycles. The van der Waals surface area contributed by atoms with E-state index < -0.39 is 0 Å². The fourth-order valence-corrected chi connectivity index (χ4v) is 3.11. The minimum absolute atomic E-state index is 0.660. The SMILES string of the molecule is C=C.CC.CC12CCC(CC1)C2(C)C. The van der Waals surface area contributed by atoms with E-state index in [-0.39, 0.29) is 0 Å². The van der Waals surface area contributed by atoms with E-state index in [2.05, 4.69) is 33.9 Å². The van der Waals surface area contributed by atoms with Gasteiger partial charge >= 0.3 is 0 Å². The Morgan fingerprint density at radius 3 is 1.36 bits per heavy atom. The first kappa shape index (κ1) is 13.7. The van der Waals surface area contributed by atoms with Crippen LogP contribution in [0, 0.1) is 16.7 Å². The second kappa shape index (κ2) is 5.00. The maximum atomic E-state index is 3.00. The molecule has 0 aromatic rings. The molecule has 2 aliphatic carbocycles. The Labute approximate surface area is 90.8 Å². The van der Waals surface area contributed by atoms with Crippen LogP contribution in [0.5, 0.6) is 0 Å². The zero-order chi connectivity index (χ0) is 11.4. The molecule has 0 heterocycles. The van der Waals surface area contributed by atoms with Crippen molar-refractivity contribution in [3.05, 3.63) is 13.2 Å². The van der Waals surface area contributed by atoms with Crippen molar-refractivity contribution in [2.45, 2.75) is 60.3 Å². The highest BCUT2D eigenvalue weighted by Crippen LogP contribution is 2.65. The molecular weight excluding hydrogens is 168 g/mol. The Morgan fingerprint density at radius 2 is 1.29 bits per heavy atom. The maximum absolute atomic E-state index is 3.00. The minimum atomic E-state index is 0.660. The van der Waals surface area contributed by atoms with Crippen LogP contribution in [-0.2, 0) is 0 Å². The normalized spacial score (nSPS) is 36.5. The largest absolute Gasteiger partial charge is 0.106 e. The van der Waals surface area contributed by atoms with Gasteiger partial charge in [0, 0.05) is 0 Å². The van der Waals surface area contributed by atoms with Gasteiger partial charge in [-0.3, -0.25) is 0 Å². The van der Waals surface area contributed by atoms with Gasteiger partial charge in [-0.15, -0.1) is 13.2 Å². The van der Waals surface area contributed by atoms with Gasteiger partial charge in [-0.25, -0.2) is 0 Å². The molecule has 0 atom stereocenters. The molecule has 0 spiro atoms. The summed E-state index contributed by atoms with van der Waals surface area (Å²) in [5.41, 5.74) is 1.37. The van der Waals surface area contributed by atoms with Gasteiger partial charge in [0.1, 0.15) is 0 Å². The molecule has 14 heavy (non-hydrogen) atoms. The molecule has 2 bridgehead atoms. The Kier molecular flexibility index (Phi) is 4.91. The summed E-state index contributed by atoms with van der Waals surface area (Å²) in [6.07, 6.45) is 5.99. The topological polar surface area (TPSA) is 0 Å². The lowest BCUT2D eigenvalue weighted by atomic mass is 9.71. The minimum Gasteiger partial charge on any atom is -0.106 e. The second-order valence-electron chi connectivity index (χ2n) is 5.06. The first-order valence-electron chi connectivity index (χ1n) is 6.06. The predicted molar refractivity (Wildman–Crippen MR) is 66.4 cm³/mol. The Morgan fingerprint density at radius 1 is 0.929 bits per heavy atom. The van der Waals surface area contributed by atoms with Crippen LogP contribution in [0.25, 0.3) is 0 Å². The van der Waals surface area contributed by atoms with Crippen molar-refractivity contribution in [1.82, 2.24) is 0 Å². The van der Waals surface area contributed by atoms with Crippen molar-refractivity contribution in [2.24, 2.45) is 16.7 Å². The molecule has 2 aliphatic rings. The first-order valence-corrected chi connectivity index (χ1v) is 6.06. The van der Waals surface area contributed by atoms with Crippen molar-refractivity contribution in [2.75, 3.05) is 0 Å². The third-order valence-electron chi connectivity index (χ3n) is 4.67. The fraction of sp³-hybridized carbons (Fsp3) is 0.857. The lowest BCUT2D eigenvalue weighted by molar-refractivity contribution is 0.152. The van der Waals surface area contributed by atoms with Crippen molar-refractivity contribution < 1.29 is 0 Å². The van der Waals surface area contributed by atoms with Crippen LogP contribution < -0.4 is 0 Å². The molecule has 2 fully saturated rings. The van der Waals surface area contributed by atoms with Crippen LogP contribution in [-0.4, -0.2) is 0 Å². The van der Waals surface area contributed by atoms with Crippen LogP contribution in [0.15, 0.2) is 13.2 Å². The van der Waals surface area contributed by atoms with Crippen LogP contribution in [0.2, 0.25) is 0 Å². The van der Waals surface area contributed by atoms with Gasteiger partial charge < -0.3 is 0 Å². The maximum Gasteiger partial charge on any atom is -0.0272 e. The molecule has 0 amide bonds.